The molecule has 0 amide bonds. The number of carbonyl (C=O) groups is 1. The fourth-order valence-corrected chi connectivity index (χ4v) is 5.15. The molecule has 1 aromatic heterocycles. The normalized spacial score (nSPS) is 11.4. The molecule has 0 spiro atoms. The third-order valence-corrected chi connectivity index (χ3v) is 7.03. The van der Waals surface area contributed by atoms with Gasteiger partial charge < -0.3 is 14.4 Å². The maximum absolute atomic E-state index is 11.0. The number of nitrogens with zero attached hydrogens (tertiary/aromatic N) is 1. The summed E-state index contributed by atoms with van der Waals surface area (Å²) in [4.78, 5) is 11.0. The largest absolute Gasteiger partial charge is 0.490 e. The first kappa shape index (κ1) is 25.4. The fourth-order valence-electron chi connectivity index (χ4n) is 4.98. The number of carboxylic acids is 1. The van der Waals surface area contributed by atoms with Crippen molar-refractivity contribution in [2.75, 3.05) is 6.61 Å². The minimum Gasteiger partial charge on any atom is -0.490 e. The summed E-state index contributed by atoms with van der Waals surface area (Å²) in [6.07, 6.45) is 4.08. The lowest BCUT2D eigenvalue weighted by molar-refractivity contribution is 0.0697. The molecular formula is C33H28ClNO3. The van der Waals surface area contributed by atoms with Gasteiger partial charge in [-0.15, -0.1) is 0 Å². The van der Waals surface area contributed by atoms with Crippen molar-refractivity contribution in [3.8, 4) is 5.75 Å². The quantitative estimate of drug-likeness (QED) is 0.199. The number of hydrogen-bond acceptors (Lipinski definition) is 2. The average molecular weight is 522 g/mol. The molecule has 38 heavy (non-hydrogen) atoms. The van der Waals surface area contributed by atoms with Crippen molar-refractivity contribution in [1.82, 2.24) is 4.57 Å². The average Bonchev–Trinajstić information content (AvgIpc) is 3.20. The van der Waals surface area contributed by atoms with Gasteiger partial charge in [0.2, 0.25) is 0 Å². The van der Waals surface area contributed by atoms with E-state index >= 15 is 0 Å². The van der Waals surface area contributed by atoms with E-state index in [4.69, 9.17) is 21.4 Å². The predicted molar refractivity (Wildman–Crippen MR) is 154 cm³/mol. The van der Waals surface area contributed by atoms with Crippen molar-refractivity contribution in [2.45, 2.75) is 19.4 Å². The third kappa shape index (κ3) is 5.36. The second-order valence-electron chi connectivity index (χ2n) is 9.14. The number of hydrogen-bond donors (Lipinski definition) is 1. The van der Waals surface area contributed by atoms with Crippen LogP contribution in [0.3, 0.4) is 0 Å². The van der Waals surface area contributed by atoms with Crippen molar-refractivity contribution in [3.05, 3.63) is 148 Å². The van der Waals surface area contributed by atoms with E-state index in [1.54, 1.807) is 24.3 Å². The van der Waals surface area contributed by atoms with Gasteiger partial charge in [-0.05, 0) is 72.2 Å². The zero-order valence-electron chi connectivity index (χ0n) is 21.1. The van der Waals surface area contributed by atoms with Crippen molar-refractivity contribution in [1.29, 1.82) is 0 Å². The van der Waals surface area contributed by atoms with Gasteiger partial charge in [0.25, 0.3) is 0 Å². The van der Waals surface area contributed by atoms with E-state index in [0.29, 0.717) is 23.9 Å². The number of carboxylic acid groups (broad SMARTS) is 1. The molecule has 0 saturated heterocycles. The van der Waals surface area contributed by atoms with E-state index in [1.165, 1.54) is 22.4 Å². The van der Waals surface area contributed by atoms with Crippen LogP contribution in [0, 0.1) is 6.92 Å². The number of aromatic nitrogens is 1. The number of rotatable bonds is 9. The molecule has 4 nitrogen and oxygen atoms in total. The molecule has 0 atom stereocenters. The summed E-state index contributed by atoms with van der Waals surface area (Å²) < 4.78 is 8.08. The summed E-state index contributed by atoms with van der Waals surface area (Å²) in [7, 11) is 0. The Balaban J connectivity index is 1.46. The van der Waals surface area contributed by atoms with Gasteiger partial charge in [0.05, 0.1) is 5.56 Å². The van der Waals surface area contributed by atoms with Crippen LogP contribution in [0.2, 0.25) is 5.02 Å². The maximum atomic E-state index is 11.0. The first-order valence-electron chi connectivity index (χ1n) is 12.5. The van der Waals surface area contributed by atoms with Crippen LogP contribution >= 0.6 is 11.6 Å². The first-order chi connectivity index (χ1) is 18.5. The van der Waals surface area contributed by atoms with Gasteiger partial charge in [-0.3, -0.25) is 0 Å². The highest BCUT2D eigenvalue weighted by molar-refractivity contribution is 6.31. The van der Waals surface area contributed by atoms with Gasteiger partial charge in [0.15, 0.2) is 0 Å². The lowest BCUT2D eigenvalue weighted by Crippen LogP contribution is -2.06. The van der Waals surface area contributed by atoms with Crippen LogP contribution in [-0.2, 0) is 6.54 Å². The first-order valence-corrected chi connectivity index (χ1v) is 12.9. The third-order valence-electron chi connectivity index (χ3n) is 6.79. The minimum absolute atomic E-state index is 0.0701. The van der Waals surface area contributed by atoms with Gasteiger partial charge in [-0.25, -0.2) is 4.79 Å². The van der Waals surface area contributed by atoms with Crippen molar-refractivity contribution in [3.63, 3.8) is 0 Å². The van der Waals surface area contributed by atoms with Gasteiger partial charge in [-0.2, -0.15) is 0 Å². The Morgan fingerprint density at radius 1 is 0.895 bits per heavy atom. The Morgan fingerprint density at radius 3 is 2.13 bits per heavy atom. The van der Waals surface area contributed by atoms with E-state index in [1.807, 2.05) is 24.3 Å². The molecule has 0 saturated carbocycles. The van der Waals surface area contributed by atoms with Crippen LogP contribution in [0.1, 0.15) is 38.7 Å². The molecule has 1 N–H and O–H groups in total. The number of ether oxygens (including phenoxy) is 1. The number of halogens is 1. The number of aromatic carboxylic acids is 1. The molecule has 4 aromatic carbocycles. The van der Waals surface area contributed by atoms with Crippen LogP contribution in [-0.4, -0.2) is 22.2 Å². The fraction of sp³-hybridized carbons (Fsp3) is 0.121. The van der Waals surface area contributed by atoms with Gasteiger partial charge in [0, 0.05) is 34.1 Å². The second kappa shape index (κ2) is 11.4. The summed E-state index contributed by atoms with van der Waals surface area (Å²) in [5, 5.41) is 10.9. The summed E-state index contributed by atoms with van der Waals surface area (Å²) in [5.74, 6) is -0.248. The van der Waals surface area contributed by atoms with E-state index in [-0.39, 0.29) is 11.5 Å². The lowest BCUT2D eigenvalue weighted by atomic mass is 9.84. The van der Waals surface area contributed by atoms with Crippen LogP contribution in [0.25, 0.3) is 10.9 Å². The van der Waals surface area contributed by atoms with E-state index in [2.05, 4.69) is 78.2 Å². The number of allylic oxidation sites excluding steroid dienone is 1. The van der Waals surface area contributed by atoms with Crippen LogP contribution in [0.5, 0.6) is 5.75 Å². The molecule has 0 unspecified atom stereocenters. The molecule has 0 aliphatic carbocycles. The highest BCUT2D eigenvalue weighted by Crippen LogP contribution is 2.40. The zero-order valence-corrected chi connectivity index (χ0v) is 21.8. The summed E-state index contributed by atoms with van der Waals surface area (Å²) >= 11 is 6.51. The van der Waals surface area contributed by atoms with Gasteiger partial charge in [0.1, 0.15) is 12.4 Å². The maximum Gasteiger partial charge on any atom is 0.335 e. The van der Waals surface area contributed by atoms with Crippen molar-refractivity contribution < 1.29 is 14.6 Å². The van der Waals surface area contributed by atoms with Gasteiger partial charge >= 0.3 is 5.97 Å². The molecule has 0 aliphatic rings. The van der Waals surface area contributed by atoms with Crippen LogP contribution in [0.4, 0.5) is 0 Å². The molecule has 190 valence electrons. The molecule has 1 heterocycles. The minimum atomic E-state index is -0.951. The standard InChI is InChI=1S/C33H28ClNO3/c1-23-31(32(24-10-4-2-5-11-24)25-12-6-3-7-13-25)29-22-27(34)16-19-30(29)35(23)20-8-9-21-38-28-17-14-26(15-18-28)33(36)37/h2-19,22,32H,20-21H2,1H3,(H,36,37). The monoisotopic (exact) mass is 521 g/mol. The van der Waals surface area contributed by atoms with Crippen molar-refractivity contribution in [2.24, 2.45) is 0 Å². The summed E-state index contributed by atoms with van der Waals surface area (Å²) in [6, 6.07) is 33.7. The van der Waals surface area contributed by atoms with E-state index in [9.17, 15) is 4.79 Å². The molecule has 0 radical (unpaired) electrons. The van der Waals surface area contributed by atoms with Crippen LogP contribution < -0.4 is 4.74 Å². The molecule has 0 bridgehead atoms. The molecule has 5 rings (SSSR count). The smallest absolute Gasteiger partial charge is 0.335 e. The predicted octanol–water partition coefficient (Wildman–Crippen LogP) is 8.12. The molecule has 5 heteroatoms. The van der Waals surface area contributed by atoms with Gasteiger partial charge in [-0.1, -0.05) is 78.3 Å². The van der Waals surface area contributed by atoms with Crippen LogP contribution in [0.15, 0.2) is 115 Å². The molecule has 5 aromatic rings. The van der Waals surface area contributed by atoms with Crippen molar-refractivity contribution >= 4 is 28.5 Å². The summed E-state index contributed by atoms with van der Waals surface area (Å²) in [5.41, 5.74) is 6.28. The number of fused-ring (bicyclic) bond motifs is 1. The second-order valence-corrected chi connectivity index (χ2v) is 9.57. The van der Waals surface area contributed by atoms with E-state index in [0.717, 1.165) is 10.9 Å². The SMILES string of the molecule is Cc1c(C(c2ccccc2)c2ccccc2)c2cc(Cl)ccc2n1CC=CCOc1ccc(C(=O)O)cc1. The molecule has 0 aliphatic heterocycles. The topological polar surface area (TPSA) is 51.5 Å². The Morgan fingerprint density at radius 2 is 1.53 bits per heavy atom. The zero-order chi connectivity index (χ0) is 26.5. The lowest BCUT2D eigenvalue weighted by Gasteiger charge is -2.20. The Bertz CT molecular complexity index is 1530. The molecular weight excluding hydrogens is 494 g/mol. The Kier molecular flexibility index (Phi) is 7.62. The van der Waals surface area contributed by atoms with E-state index < -0.39 is 5.97 Å². The Hall–Kier alpha value is -4.28. The summed E-state index contributed by atoms with van der Waals surface area (Å²) in [6.45, 7) is 3.25. The molecule has 0 fully saturated rings. The highest BCUT2D eigenvalue weighted by atomic mass is 35.5. The highest BCUT2D eigenvalue weighted by Gasteiger charge is 2.24. The number of benzene rings is 4. The Labute approximate surface area is 227 Å².